The van der Waals surface area contributed by atoms with Crippen LogP contribution in [0, 0.1) is 17.8 Å². The highest BCUT2D eigenvalue weighted by atomic mass is 16.6. The van der Waals surface area contributed by atoms with Gasteiger partial charge < -0.3 is 57.1 Å². The average molecular weight is 803 g/mol. The number of Topliss-reactive ketones (excluding diaryl/α,β-unsaturated/α-hetero) is 2. The number of methoxy groups -OCH3 is 1. The topological polar surface area (TPSA) is 299 Å². The maximum absolute atomic E-state index is 14.3. The molecule has 0 aromatic rings. The van der Waals surface area contributed by atoms with Gasteiger partial charge in [-0.05, 0) is 45.4 Å². The Hall–Kier alpha value is -5.53. The van der Waals surface area contributed by atoms with Gasteiger partial charge in [0, 0.05) is 31.2 Å². The van der Waals surface area contributed by atoms with Crippen LogP contribution in [0.4, 0.5) is 4.79 Å². The highest BCUT2D eigenvalue weighted by Gasteiger charge is 2.77. The van der Waals surface area contributed by atoms with Gasteiger partial charge in [0.2, 0.25) is 41.1 Å². The summed E-state index contributed by atoms with van der Waals surface area (Å²) in [4.78, 5) is 119. The Bertz CT molecular complexity index is 1790. The van der Waals surface area contributed by atoms with Crippen molar-refractivity contribution in [1.82, 2.24) is 31.1 Å². The number of nitrogens with zero attached hydrogens (tertiary/aromatic N) is 2. The minimum atomic E-state index is -1.51. The van der Waals surface area contributed by atoms with E-state index >= 15 is 0 Å². The van der Waals surface area contributed by atoms with Crippen molar-refractivity contribution in [2.24, 2.45) is 29.2 Å². The molecule has 2 fully saturated rings. The molecule has 4 rings (SSSR count). The van der Waals surface area contributed by atoms with Gasteiger partial charge in [-0.15, -0.1) is 0 Å². The van der Waals surface area contributed by atoms with Gasteiger partial charge in [0.05, 0.1) is 29.8 Å². The minimum absolute atomic E-state index is 0.00228. The van der Waals surface area contributed by atoms with Crippen molar-refractivity contribution in [3.8, 4) is 0 Å². The molecule has 8 atom stereocenters. The van der Waals surface area contributed by atoms with Crippen LogP contribution < -0.4 is 32.7 Å². The van der Waals surface area contributed by atoms with Crippen molar-refractivity contribution in [3.63, 3.8) is 0 Å². The Morgan fingerprint density at radius 1 is 0.842 bits per heavy atom. The summed E-state index contributed by atoms with van der Waals surface area (Å²) in [6.07, 6.45) is -1.49. The molecule has 6 amide bonds. The number of ketones is 2. The summed E-state index contributed by atoms with van der Waals surface area (Å²) >= 11 is 0. The number of carbonyl (C=O) groups excluding carboxylic acids is 8. The Balaban J connectivity index is 1.48. The second kappa shape index (κ2) is 17.3. The van der Waals surface area contributed by atoms with Crippen LogP contribution in [0.25, 0.3) is 0 Å². The molecule has 3 aliphatic heterocycles. The molecular weight excluding hydrogens is 748 g/mol. The predicted octanol–water partition coefficient (Wildman–Crippen LogP) is -1.48. The van der Waals surface area contributed by atoms with Gasteiger partial charge in [-0.3, -0.25) is 38.4 Å². The lowest BCUT2D eigenvalue weighted by molar-refractivity contribution is -0.155. The van der Waals surface area contributed by atoms with Crippen LogP contribution in [0.1, 0.15) is 74.1 Å². The molecule has 2 saturated heterocycles. The van der Waals surface area contributed by atoms with Crippen molar-refractivity contribution in [2.45, 2.75) is 116 Å². The smallest absolute Gasteiger partial charge is 0.404 e. The number of aliphatic carboxylic acids is 1. The SMILES string of the molecule is CO[C@]12[C@@H](COC(N)=O)C3=C(C(=O)C(C)=C(N)C3=O)N1C[C@@H]1[C@H]2N1C(=O)C(CC(C)C)NC(=O)C(C)NC(=O)C(CC(C)C)NC(=O)C(C)NC(=O)CCC(=O)O. The molecule has 314 valence electrons. The van der Waals surface area contributed by atoms with Gasteiger partial charge in [0.15, 0.2) is 5.72 Å². The van der Waals surface area contributed by atoms with Gasteiger partial charge in [-0.25, -0.2) is 4.79 Å². The highest BCUT2D eigenvalue weighted by Crippen LogP contribution is 2.60. The maximum atomic E-state index is 14.3. The quantitative estimate of drug-likeness (QED) is 0.0615. The summed E-state index contributed by atoms with van der Waals surface area (Å²) in [6, 6.07) is -5.69. The Morgan fingerprint density at radius 3 is 1.95 bits per heavy atom. The van der Waals surface area contributed by atoms with Crippen molar-refractivity contribution < 1.29 is 57.7 Å². The third-order valence-electron chi connectivity index (χ3n) is 10.7. The molecule has 4 unspecified atom stereocenters. The Labute approximate surface area is 329 Å². The Morgan fingerprint density at radius 2 is 1.40 bits per heavy atom. The van der Waals surface area contributed by atoms with Crippen molar-refractivity contribution in [1.29, 1.82) is 0 Å². The van der Waals surface area contributed by atoms with E-state index in [4.69, 9.17) is 26.0 Å². The number of hydrogen-bond acceptors (Lipinski definition) is 13. The van der Waals surface area contributed by atoms with E-state index in [1.807, 2.05) is 27.7 Å². The van der Waals surface area contributed by atoms with E-state index in [2.05, 4.69) is 21.3 Å². The molecule has 0 aromatic carbocycles. The number of nitrogens with two attached hydrogens (primary N) is 2. The number of carboxylic acids is 1. The molecule has 0 aromatic heterocycles. The van der Waals surface area contributed by atoms with E-state index in [1.54, 1.807) is 4.90 Å². The number of nitrogens with one attached hydrogen (secondary N) is 4. The summed E-state index contributed by atoms with van der Waals surface area (Å²) in [7, 11) is 1.36. The first kappa shape index (κ1) is 44.2. The fraction of sp³-hybridized carbons (Fsp3) is 0.649. The van der Waals surface area contributed by atoms with Crippen molar-refractivity contribution in [3.05, 3.63) is 22.5 Å². The monoisotopic (exact) mass is 802 g/mol. The maximum Gasteiger partial charge on any atom is 0.404 e. The van der Waals surface area contributed by atoms with Gasteiger partial charge in [0.1, 0.15) is 36.8 Å². The summed E-state index contributed by atoms with van der Waals surface area (Å²) < 4.78 is 11.3. The number of piperazine rings is 1. The molecule has 0 spiro atoms. The summed E-state index contributed by atoms with van der Waals surface area (Å²) in [6.45, 7) is 11.2. The predicted molar refractivity (Wildman–Crippen MR) is 199 cm³/mol. The molecule has 1 aliphatic carbocycles. The van der Waals surface area contributed by atoms with Crippen LogP contribution in [0.5, 0.6) is 0 Å². The third-order valence-corrected chi connectivity index (χ3v) is 10.7. The zero-order valence-electron chi connectivity index (χ0n) is 33.4. The number of allylic oxidation sites excluding steroid dienone is 2. The van der Waals surface area contributed by atoms with Gasteiger partial charge >= 0.3 is 12.1 Å². The lowest BCUT2D eigenvalue weighted by Crippen LogP contribution is -2.59. The van der Waals surface area contributed by atoms with E-state index in [9.17, 15) is 43.2 Å². The molecule has 0 bridgehead atoms. The molecule has 0 saturated carbocycles. The average Bonchev–Trinajstić information content (AvgIpc) is 3.63. The largest absolute Gasteiger partial charge is 0.481 e. The number of rotatable bonds is 18. The lowest BCUT2D eigenvalue weighted by Gasteiger charge is -2.41. The van der Waals surface area contributed by atoms with Crippen LogP contribution >= 0.6 is 0 Å². The first-order valence-electron chi connectivity index (χ1n) is 18.9. The number of fused-ring (bicyclic) bond motifs is 4. The highest BCUT2D eigenvalue weighted by molar-refractivity contribution is 6.25. The molecule has 20 nitrogen and oxygen atoms in total. The molecule has 9 N–H and O–H groups in total. The summed E-state index contributed by atoms with van der Waals surface area (Å²) in [5.41, 5.74) is 9.68. The van der Waals surface area contributed by atoms with Crippen LogP contribution in [0.15, 0.2) is 22.5 Å². The van der Waals surface area contributed by atoms with Crippen LogP contribution in [0.2, 0.25) is 0 Å². The molecule has 0 radical (unpaired) electrons. The zero-order valence-corrected chi connectivity index (χ0v) is 33.4. The number of carboxylic acid groups (broad SMARTS) is 1. The normalized spacial score (nSPS) is 24.3. The molecule has 3 heterocycles. The lowest BCUT2D eigenvalue weighted by atomic mass is 9.82. The molecule has 20 heteroatoms. The van der Waals surface area contributed by atoms with E-state index in [0.717, 1.165) is 0 Å². The second-order valence-electron chi connectivity index (χ2n) is 15.8. The number of hydrogen-bond donors (Lipinski definition) is 7. The van der Waals surface area contributed by atoms with E-state index in [0.29, 0.717) is 0 Å². The fourth-order valence-corrected chi connectivity index (χ4v) is 7.93. The molecule has 57 heavy (non-hydrogen) atoms. The minimum Gasteiger partial charge on any atom is -0.481 e. The first-order chi connectivity index (χ1) is 26.6. The van der Waals surface area contributed by atoms with Crippen molar-refractivity contribution in [2.75, 3.05) is 20.3 Å². The van der Waals surface area contributed by atoms with E-state index < -0.39 is 114 Å². The van der Waals surface area contributed by atoms with Crippen LogP contribution in [-0.2, 0) is 47.8 Å². The first-order valence-corrected chi connectivity index (χ1v) is 18.9. The van der Waals surface area contributed by atoms with Gasteiger partial charge in [-0.1, -0.05) is 27.7 Å². The van der Waals surface area contributed by atoms with Crippen molar-refractivity contribution >= 4 is 53.2 Å². The van der Waals surface area contributed by atoms with Gasteiger partial charge in [-0.2, -0.15) is 0 Å². The summed E-state index contributed by atoms with van der Waals surface area (Å²) in [5.74, 6) is -6.69. The standard InChI is InChI=1S/C37H54N8O12/c1-15(2)11-21(42-32(51)18(6)40-24(46)9-10-25(47)48)34(53)41-19(7)33(52)43-22(12-16(3)4)35(54)45-23-13-44-28-26(30(50)27(38)17(5)29(28)49)20(14-57-36(39)55)37(44,56-8)31(23)45/h15-16,18-23,31H,9-14,38H2,1-8H3,(H2,39,55)(H,40,46)(H,41,53)(H,42,51)(H,43,52)(H,47,48)/t18?,19?,20-,21?,22?,23+,31+,37-,45?/m0/s1. The zero-order chi connectivity index (χ0) is 42.8. The molecule has 4 aliphatic rings. The number of carbonyl (C=O) groups is 9. The second-order valence-corrected chi connectivity index (χ2v) is 15.8. The van der Waals surface area contributed by atoms with Crippen LogP contribution in [0.3, 0.4) is 0 Å². The Kier molecular flexibility index (Phi) is 13.4. The summed E-state index contributed by atoms with van der Waals surface area (Å²) in [5, 5.41) is 19.1. The van der Waals surface area contributed by atoms with Crippen LogP contribution in [-0.4, -0.2) is 130 Å². The molecular formula is C37H54N8O12. The fourth-order valence-electron chi connectivity index (χ4n) is 7.93. The third kappa shape index (κ3) is 8.89. The number of ether oxygens (including phenoxy) is 2. The van der Waals surface area contributed by atoms with E-state index in [1.165, 1.54) is 32.8 Å². The number of amides is 6. The number of primary amides is 1. The van der Waals surface area contributed by atoms with E-state index in [-0.39, 0.29) is 60.2 Å². The van der Waals surface area contributed by atoms with Gasteiger partial charge in [0.25, 0.3) is 0 Å².